The van der Waals surface area contributed by atoms with Crippen molar-refractivity contribution in [3.8, 4) is 6.07 Å². The Balaban J connectivity index is 2.79. The largest absolute Gasteiger partial charge is 0.261 e. The molecule has 0 saturated carbocycles. The van der Waals surface area contributed by atoms with E-state index in [1.54, 1.807) is 12.3 Å². The second kappa shape index (κ2) is 4.42. The predicted molar refractivity (Wildman–Crippen MR) is 52.1 cm³/mol. The predicted octanol–water partition coefficient (Wildman–Crippen LogP) is 2.46. The van der Waals surface area contributed by atoms with E-state index in [0.717, 1.165) is 12.1 Å². The standard InChI is InChI=1S/C11H12N2/c1-9(2)3-4-11-7-10(8-12)5-6-13-11/h3,5-7H,4H2,1-2H3. The highest BCUT2D eigenvalue weighted by Crippen LogP contribution is 2.03. The fourth-order valence-corrected chi connectivity index (χ4v) is 0.968. The number of nitrogens with zero attached hydrogens (tertiary/aromatic N) is 2. The van der Waals surface area contributed by atoms with Gasteiger partial charge in [0.2, 0.25) is 0 Å². The molecule has 1 aromatic rings. The monoisotopic (exact) mass is 172 g/mol. The van der Waals surface area contributed by atoms with Crippen LogP contribution in [0.1, 0.15) is 25.1 Å². The summed E-state index contributed by atoms with van der Waals surface area (Å²) in [6, 6.07) is 5.63. The topological polar surface area (TPSA) is 36.7 Å². The van der Waals surface area contributed by atoms with Crippen molar-refractivity contribution in [1.29, 1.82) is 5.26 Å². The van der Waals surface area contributed by atoms with Gasteiger partial charge in [0.25, 0.3) is 0 Å². The molecule has 0 spiro atoms. The molecule has 0 amide bonds. The Kier molecular flexibility index (Phi) is 3.22. The summed E-state index contributed by atoms with van der Waals surface area (Å²) in [5.74, 6) is 0. The zero-order valence-electron chi connectivity index (χ0n) is 7.91. The summed E-state index contributed by atoms with van der Waals surface area (Å²) in [7, 11) is 0. The van der Waals surface area contributed by atoms with Crippen LogP contribution < -0.4 is 0 Å². The molecule has 0 N–H and O–H groups in total. The zero-order valence-corrected chi connectivity index (χ0v) is 7.91. The number of hydrogen-bond acceptors (Lipinski definition) is 2. The van der Waals surface area contributed by atoms with Gasteiger partial charge in [0, 0.05) is 18.3 Å². The second-order valence-electron chi connectivity index (χ2n) is 3.13. The molecule has 1 rings (SSSR count). The molecule has 0 aromatic carbocycles. The summed E-state index contributed by atoms with van der Waals surface area (Å²) >= 11 is 0. The van der Waals surface area contributed by atoms with Gasteiger partial charge in [0.1, 0.15) is 0 Å². The van der Waals surface area contributed by atoms with Crippen LogP contribution in [0.4, 0.5) is 0 Å². The van der Waals surface area contributed by atoms with Gasteiger partial charge in [-0.1, -0.05) is 11.6 Å². The molecule has 1 aromatic heterocycles. The minimum atomic E-state index is 0.673. The first-order valence-corrected chi connectivity index (χ1v) is 4.21. The van der Waals surface area contributed by atoms with E-state index in [9.17, 15) is 0 Å². The zero-order chi connectivity index (χ0) is 9.68. The van der Waals surface area contributed by atoms with Gasteiger partial charge in [-0.15, -0.1) is 0 Å². The first-order valence-electron chi connectivity index (χ1n) is 4.21. The molecule has 0 aliphatic carbocycles. The van der Waals surface area contributed by atoms with Gasteiger partial charge < -0.3 is 0 Å². The summed E-state index contributed by atoms with van der Waals surface area (Å²) in [5.41, 5.74) is 2.89. The highest BCUT2D eigenvalue weighted by molar-refractivity contribution is 5.29. The number of allylic oxidation sites excluding steroid dienone is 2. The van der Waals surface area contributed by atoms with Crippen LogP contribution in [-0.2, 0) is 6.42 Å². The van der Waals surface area contributed by atoms with E-state index in [1.807, 2.05) is 19.9 Å². The first kappa shape index (κ1) is 9.47. The van der Waals surface area contributed by atoms with Gasteiger partial charge >= 0.3 is 0 Å². The first-order chi connectivity index (χ1) is 6.22. The Morgan fingerprint density at radius 2 is 2.38 bits per heavy atom. The van der Waals surface area contributed by atoms with Gasteiger partial charge in [0.05, 0.1) is 11.6 Å². The van der Waals surface area contributed by atoms with Gasteiger partial charge in [0.15, 0.2) is 0 Å². The van der Waals surface area contributed by atoms with Crippen molar-refractivity contribution in [3.05, 3.63) is 41.2 Å². The summed E-state index contributed by atoms with van der Waals surface area (Å²) in [6.45, 7) is 4.10. The lowest BCUT2D eigenvalue weighted by atomic mass is 10.2. The average Bonchev–Trinajstić information content (AvgIpc) is 2.15. The molecule has 0 unspecified atom stereocenters. The van der Waals surface area contributed by atoms with E-state index in [0.29, 0.717) is 5.56 Å². The van der Waals surface area contributed by atoms with E-state index in [2.05, 4.69) is 17.1 Å². The number of hydrogen-bond donors (Lipinski definition) is 0. The summed E-state index contributed by atoms with van der Waals surface area (Å²) in [4.78, 5) is 4.16. The van der Waals surface area contributed by atoms with E-state index in [-0.39, 0.29) is 0 Å². The van der Waals surface area contributed by atoms with Crippen LogP contribution in [0.15, 0.2) is 30.0 Å². The van der Waals surface area contributed by atoms with Gasteiger partial charge in [-0.25, -0.2) is 0 Å². The third-order valence-electron chi connectivity index (χ3n) is 1.67. The van der Waals surface area contributed by atoms with Crippen LogP contribution in [0, 0.1) is 11.3 Å². The average molecular weight is 172 g/mol. The third-order valence-corrected chi connectivity index (χ3v) is 1.67. The van der Waals surface area contributed by atoms with Crippen LogP contribution in [-0.4, -0.2) is 4.98 Å². The fourth-order valence-electron chi connectivity index (χ4n) is 0.968. The Bertz CT molecular complexity index is 355. The van der Waals surface area contributed by atoms with Crippen molar-refractivity contribution in [1.82, 2.24) is 4.98 Å². The molecule has 0 fully saturated rings. The van der Waals surface area contributed by atoms with Crippen molar-refractivity contribution >= 4 is 0 Å². The molecule has 66 valence electrons. The molecular weight excluding hydrogens is 160 g/mol. The molecular formula is C11H12N2. The Morgan fingerprint density at radius 1 is 1.62 bits per heavy atom. The lowest BCUT2D eigenvalue weighted by Crippen LogP contribution is -1.88. The number of pyridine rings is 1. The SMILES string of the molecule is CC(C)=CCc1cc(C#N)ccn1. The van der Waals surface area contributed by atoms with Crippen molar-refractivity contribution in [2.45, 2.75) is 20.3 Å². The maximum Gasteiger partial charge on any atom is 0.0992 e. The lowest BCUT2D eigenvalue weighted by Gasteiger charge is -1.96. The normalized spacial score (nSPS) is 9.00. The molecule has 0 radical (unpaired) electrons. The Morgan fingerprint density at radius 3 is 3.00 bits per heavy atom. The van der Waals surface area contributed by atoms with Gasteiger partial charge in [-0.2, -0.15) is 5.26 Å². The molecule has 0 saturated heterocycles. The van der Waals surface area contributed by atoms with E-state index in [1.165, 1.54) is 5.57 Å². The summed E-state index contributed by atoms with van der Waals surface area (Å²) in [6.07, 6.45) is 4.58. The van der Waals surface area contributed by atoms with Crippen molar-refractivity contribution in [2.75, 3.05) is 0 Å². The fraction of sp³-hybridized carbons (Fsp3) is 0.273. The van der Waals surface area contributed by atoms with Crippen LogP contribution in [0.3, 0.4) is 0 Å². The van der Waals surface area contributed by atoms with Crippen LogP contribution >= 0.6 is 0 Å². The molecule has 13 heavy (non-hydrogen) atoms. The van der Waals surface area contributed by atoms with Gasteiger partial charge in [-0.05, 0) is 26.0 Å². The maximum atomic E-state index is 8.65. The maximum absolute atomic E-state index is 8.65. The molecule has 1 heterocycles. The minimum Gasteiger partial charge on any atom is -0.261 e. The molecule has 2 heteroatoms. The Hall–Kier alpha value is -1.62. The van der Waals surface area contributed by atoms with Crippen molar-refractivity contribution in [3.63, 3.8) is 0 Å². The quantitative estimate of drug-likeness (QED) is 0.642. The smallest absolute Gasteiger partial charge is 0.0992 e. The molecule has 0 bridgehead atoms. The number of rotatable bonds is 2. The molecule has 0 atom stereocenters. The van der Waals surface area contributed by atoms with Crippen LogP contribution in [0.2, 0.25) is 0 Å². The molecule has 0 aliphatic rings. The van der Waals surface area contributed by atoms with E-state index < -0.39 is 0 Å². The summed E-state index contributed by atoms with van der Waals surface area (Å²) in [5, 5.41) is 8.65. The summed E-state index contributed by atoms with van der Waals surface area (Å²) < 4.78 is 0. The molecule has 0 aliphatic heterocycles. The molecule has 2 nitrogen and oxygen atoms in total. The van der Waals surface area contributed by atoms with Crippen LogP contribution in [0.5, 0.6) is 0 Å². The van der Waals surface area contributed by atoms with E-state index >= 15 is 0 Å². The third kappa shape index (κ3) is 3.08. The van der Waals surface area contributed by atoms with Crippen molar-refractivity contribution < 1.29 is 0 Å². The highest BCUT2D eigenvalue weighted by atomic mass is 14.7. The van der Waals surface area contributed by atoms with Crippen LogP contribution in [0.25, 0.3) is 0 Å². The lowest BCUT2D eigenvalue weighted by molar-refractivity contribution is 1.09. The Labute approximate surface area is 78.5 Å². The van der Waals surface area contributed by atoms with Gasteiger partial charge in [-0.3, -0.25) is 4.98 Å². The highest BCUT2D eigenvalue weighted by Gasteiger charge is 1.93. The van der Waals surface area contributed by atoms with E-state index in [4.69, 9.17) is 5.26 Å². The minimum absolute atomic E-state index is 0.673. The number of nitriles is 1. The second-order valence-corrected chi connectivity index (χ2v) is 3.13. The van der Waals surface area contributed by atoms with Crippen molar-refractivity contribution in [2.24, 2.45) is 0 Å². The number of aromatic nitrogens is 1.